The molecule has 0 spiro atoms. The molecule has 0 bridgehead atoms. The molecule has 1 N–H and O–H groups in total. The quantitative estimate of drug-likeness (QED) is 0.773. The van der Waals surface area contributed by atoms with Gasteiger partial charge in [0.2, 0.25) is 0 Å². The molecule has 4 rings (SSSR count). The lowest BCUT2D eigenvalue weighted by Crippen LogP contribution is -2.47. The third-order valence-electron chi connectivity index (χ3n) is 4.42. The van der Waals surface area contributed by atoms with Gasteiger partial charge >= 0.3 is 0 Å². The number of methoxy groups -OCH3 is 1. The van der Waals surface area contributed by atoms with Gasteiger partial charge in [-0.2, -0.15) is 0 Å². The Morgan fingerprint density at radius 1 is 1.38 bits per heavy atom. The van der Waals surface area contributed by atoms with Crippen LogP contribution < -0.4 is 4.74 Å². The minimum absolute atomic E-state index is 0.300. The predicted octanol–water partition coefficient (Wildman–Crippen LogP) is 2.14. The van der Waals surface area contributed by atoms with E-state index in [4.69, 9.17) is 9.15 Å². The first-order chi connectivity index (χ1) is 11.6. The van der Waals surface area contributed by atoms with Gasteiger partial charge in [0.15, 0.2) is 0 Å². The summed E-state index contributed by atoms with van der Waals surface area (Å²) in [6, 6.07) is 8.18. The summed E-state index contributed by atoms with van der Waals surface area (Å²) in [7, 11) is 1.66. The van der Waals surface area contributed by atoms with Crippen LogP contribution in [0.3, 0.4) is 0 Å². The van der Waals surface area contributed by atoms with Gasteiger partial charge in [0.05, 0.1) is 32.0 Å². The van der Waals surface area contributed by atoms with Crippen molar-refractivity contribution < 1.29 is 14.3 Å². The first-order valence-electron chi connectivity index (χ1n) is 8.01. The molecule has 1 atom stereocenters. The van der Waals surface area contributed by atoms with Crippen molar-refractivity contribution in [3.8, 4) is 5.75 Å². The monoisotopic (exact) mass is 328 g/mol. The number of aromatic nitrogens is 3. The topological polar surface area (TPSA) is 76.5 Å². The number of rotatable bonds is 5. The smallest absolute Gasteiger partial charge is 0.134 e. The van der Waals surface area contributed by atoms with Gasteiger partial charge in [0.1, 0.15) is 22.8 Å². The molecule has 0 aliphatic carbocycles. The fourth-order valence-corrected chi connectivity index (χ4v) is 3.00. The lowest BCUT2D eigenvalue weighted by Gasteiger charge is -2.38. The van der Waals surface area contributed by atoms with Crippen LogP contribution in [-0.4, -0.2) is 45.2 Å². The van der Waals surface area contributed by atoms with Crippen LogP contribution in [0.2, 0.25) is 0 Å². The highest BCUT2D eigenvalue weighted by molar-refractivity contribution is 5.79. The zero-order valence-corrected chi connectivity index (χ0v) is 13.7. The van der Waals surface area contributed by atoms with Crippen molar-refractivity contribution >= 4 is 11.0 Å². The van der Waals surface area contributed by atoms with Gasteiger partial charge in [-0.05, 0) is 31.2 Å². The summed E-state index contributed by atoms with van der Waals surface area (Å²) in [5.41, 5.74) is 1.49. The van der Waals surface area contributed by atoms with Crippen molar-refractivity contribution in [1.82, 2.24) is 19.9 Å². The molecule has 2 aromatic heterocycles. The van der Waals surface area contributed by atoms with Crippen LogP contribution in [0.4, 0.5) is 0 Å². The van der Waals surface area contributed by atoms with E-state index in [2.05, 4.69) is 21.3 Å². The summed E-state index contributed by atoms with van der Waals surface area (Å²) in [6.07, 6.45) is 1.24. The number of likely N-dealkylation sites (tertiary alicyclic amines) is 1. The summed E-state index contributed by atoms with van der Waals surface area (Å²) in [5.74, 6) is 1.78. The Balaban J connectivity index is 1.39. The molecule has 1 aliphatic heterocycles. The number of hydrogen-bond acceptors (Lipinski definition) is 6. The van der Waals surface area contributed by atoms with Gasteiger partial charge in [-0.1, -0.05) is 5.21 Å². The van der Waals surface area contributed by atoms with Gasteiger partial charge in [0.25, 0.3) is 0 Å². The second-order valence-electron chi connectivity index (χ2n) is 6.26. The molecule has 0 saturated carbocycles. The van der Waals surface area contributed by atoms with Crippen LogP contribution in [0, 0.1) is 0 Å². The standard InChI is InChI=1S/C17H20N4O3/c1-11(22)16-10-21(19-18-16)13-7-20(8-13)9-15-6-12-5-14(23-2)3-4-17(12)24-15/h3-6,10-11,13,22H,7-9H2,1-2H3. The fraction of sp³-hybridized carbons (Fsp3) is 0.412. The summed E-state index contributed by atoms with van der Waals surface area (Å²) in [6.45, 7) is 4.25. The Kier molecular flexibility index (Phi) is 3.74. The number of nitrogens with zero attached hydrogens (tertiary/aromatic N) is 4. The number of furan rings is 1. The van der Waals surface area contributed by atoms with Gasteiger partial charge in [-0.3, -0.25) is 4.90 Å². The molecule has 1 fully saturated rings. The SMILES string of the molecule is COc1ccc2oc(CN3CC(n4cc(C(C)O)nn4)C3)cc2c1. The normalized spacial score (nSPS) is 17.1. The third-order valence-corrected chi connectivity index (χ3v) is 4.42. The minimum atomic E-state index is -0.581. The zero-order chi connectivity index (χ0) is 16.7. The van der Waals surface area contributed by atoms with Crippen molar-refractivity contribution in [2.24, 2.45) is 0 Å². The Morgan fingerprint density at radius 3 is 2.92 bits per heavy atom. The van der Waals surface area contributed by atoms with Crippen LogP contribution in [0.15, 0.2) is 34.9 Å². The predicted molar refractivity (Wildman–Crippen MR) is 87.7 cm³/mol. The van der Waals surface area contributed by atoms with Gasteiger partial charge in [0, 0.05) is 18.5 Å². The second-order valence-corrected chi connectivity index (χ2v) is 6.26. The maximum absolute atomic E-state index is 9.52. The number of hydrogen-bond donors (Lipinski definition) is 1. The molecule has 1 saturated heterocycles. The Labute approximate surface area is 139 Å². The zero-order valence-electron chi connectivity index (χ0n) is 13.7. The van der Waals surface area contributed by atoms with E-state index in [-0.39, 0.29) is 0 Å². The Morgan fingerprint density at radius 2 is 2.21 bits per heavy atom. The summed E-state index contributed by atoms with van der Waals surface area (Å²) < 4.78 is 13.0. The maximum atomic E-state index is 9.52. The van der Waals surface area contributed by atoms with E-state index in [0.717, 1.165) is 42.1 Å². The third kappa shape index (κ3) is 2.76. The van der Waals surface area contributed by atoms with Crippen LogP contribution in [0.25, 0.3) is 11.0 Å². The molecule has 24 heavy (non-hydrogen) atoms. The first kappa shape index (κ1) is 15.2. The number of fused-ring (bicyclic) bond motifs is 1. The molecule has 0 radical (unpaired) electrons. The van der Waals surface area contributed by atoms with Crippen molar-refractivity contribution in [3.05, 3.63) is 41.9 Å². The summed E-state index contributed by atoms with van der Waals surface area (Å²) in [4.78, 5) is 2.29. The van der Waals surface area contributed by atoms with Crippen LogP contribution in [-0.2, 0) is 6.54 Å². The van der Waals surface area contributed by atoms with E-state index in [1.165, 1.54) is 0 Å². The minimum Gasteiger partial charge on any atom is -0.497 e. The Hall–Kier alpha value is -2.38. The molecule has 1 aromatic carbocycles. The molecular weight excluding hydrogens is 308 g/mol. The molecule has 7 heteroatoms. The highest BCUT2D eigenvalue weighted by Crippen LogP contribution is 2.28. The van der Waals surface area contributed by atoms with Gasteiger partial charge in [-0.15, -0.1) is 5.10 Å². The average molecular weight is 328 g/mol. The van der Waals surface area contributed by atoms with Crippen molar-refractivity contribution in [2.75, 3.05) is 20.2 Å². The van der Waals surface area contributed by atoms with E-state index in [0.29, 0.717) is 11.7 Å². The second kappa shape index (κ2) is 5.92. The lowest BCUT2D eigenvalue weighted by atomic mass is 10.1. The van der Waals surface area contributed by atoms with E-state index in [1.807, 2.05) is 29.1 Å². The van der Waals surface area contributed by atoms with Crippen LogP contribution in [0.5, 0.6) is 5.75 Å². The molecule has 1 unspecified atom stereocenters. The first-order valence-corrected chi connectivity index (χ1v) is 8.01. The van der Waals surface area contributed by atoms with E-state index in [9.17, 15) is 5.11 Å². The largest absolute Gasteiger partial charge is 0.497 e. The summed E-state index contributed by atoms with van der Waals surface area (Å²) >= 11 is 0. The molecule has 7 nitrogen and oxygen atoms in total. The summed E-state index contributed by atoms with van der Waals surface area (Å²) in [5, 5.41) is 18.7. The highest BCUT2D eigenvalue weighted by atomic mass is 16.5. The van der Waals surface area contributed by atoms with Crippen molar-refractivity contribution in [1.29, 1.82) is 0 Å². The van der Waals surface area contributed by atoms with E-state index in [1.54, 1.807) is 14.0 Å². The highest BCUT2D eigenvalue weighted by Gasteiger charge is 2.30. The van der Waals surface area contributed by atoms with Crippen LogP contribution >= 0.6 is 0 Å². The molecular formula is C17H20N4O3. The molecule has 126 valence electrons. The number of ether oxygens (including phenoxy) is 1. The average Bonchev–Trinajstić information content (AvgIpc) is 3.16. The molecule has 3 heterocycles. The molecule has 1 aliphatic rings. The van der Waals surface area contributed by atoms with Crippen molar-refractivity contribution in [3.63, 3.8) is 0 Å². The van der Waals surface area contributed by atoms with Crippen molar-refractivity contribution in [2.45, 2.75) is 25.6 Å². The fourth-order valence-electron chi connectivity index (χ4n) is 3.00. The molecule has 3 aromatic rings. The van der Waals surface area contributed by atoms with E-state index >= 15 is 0 Å². The molecule has 0 amide bonds. The lowest BCUT2D eigenvalue weighted by molar-refractivity contribution is 0.0828. The number of aliphatic hydroxyl groups excluding tert-OH is 1. The number of aliphatic hydroxyl groups is 1. The number of benzene rings is 1. The van der Waals surface area contributed by atoms with Crippen LogP contribution in [0.1, 0.15) is 30.5 Å². The van der Waals surface area contributed by atoms with E-state index < -0.39 is 6.10 Å². The Bertz CT molecular complexity index is 849. The maximum Gasteiger partial charge on any atom is 0.134 e. The van der Waals surface area contributed by atoms with Gasteiger partial charge in [-0.25, -0.2) is 4.68 Å². The van der Waals surface area contributed by atoms with Gasteiger partial charge < -0.3 is 14.3 Å².